The monoisotopic (exact) mass is 274 g/mol. The van der Waals surface area contributed by atoms with Gasteiger partial charge >= 0.3 is 0 Å². The van der Waals surface area contributed by atoms with Crippen LogP contribution in [0, 0.1) is 0 Å². The van der Waals surface area contributed by atoms with Gasteiger partial charge in [-0.3, -0.25) is 4.90 Å². The zero-order valence-electron chi connectivity index (χ0n) is 12.8. The van der Waals surface area contributed by atoms with Gasteiger partial charge in [-0.05, 0) is 39.2 Å². The summed E-state index contributed by atoms with van der Waals surface area (Å²) >= 11 is 0. The van der Waals surface area contributed by atoms with Crippen LogP contribution in [-0.2, 0) is 0 Å². The molecule has 3 rings (SSSR count). The molecule has 3 atom stereocenters. The molecule has 0 amide bonds. The van der Waals surface area contributed by atoms with Crippen LogP contribution in [0.25, 0.3) is 0 Å². The number of nitrogens with zero attached hydrogens (tertiary/aromatic N) is 1. The molecule has 1 aliphatic carbocycles. The van der Waals surface area contributed by atoms with Gasteiger partial charge in [0.05, 0.1) is 7.11 Å². The topological polar surface area (TPSA) is 24.5 Å². The molecule has 1 saturated heterocycles. The van der Waals surface area contributed by atoms with Gasteiger partial charge in [-0.2, -0.15) is 0 Å². The highest BCUT2D eigenvalue weighted by Crippen LogP contribution is 2.34. The van der Waals surface area contributed by atoms with Crippen LogP contribution in [0.5, 0.6) is 5.75 Å². The number of methoxy groups -OCH3 is 1. The maximum Gasteiger partial charge on any atom is 0.123 e. The van der Waals surface area contributed by atoms with Crippen LogP contribution in [0.2, 0.25) is 0 Å². The van der Waals surface area contributed by atoms with E-state index >= 15 is 0 Å². The fraction of sp³-hybridized carbons (Fsp3) is 0.647. The molecule has 1 N–H and O–H groups in total. The maximum atomic E-state index is 5.47. The minimum absolute atomic E-state index is 0.336. The lowest BCUT2D eigenvalue weighted by atomic mass is 10.1. The molecule has 2 aliphatic rings. The molecule has 2 unspecified atom stereocenters. The summed E-state index contributed by atoms with van der Waals surface area (Å²) in [4.78, 5) is 2.69. The predicted molar refractivity (Wildman–Crippen MR) is 82.1 cm³/mol. The van der Waals surface area contributed by atoms with E-state index in [2.05, 4.69) is 36.2 Å². The molecule has 2 fully saturated rings. The van der Waals surface area contributed by atoms with Crippen LogP contribution in [-0.4, -0.2) is 36.7 Å². The van der Waals surface area contributed by atoms with Crippen LogP contribution >= 0.6 is 0 Å². The molecule has 0 spiro atoms. The fourth-order valence-electron chi connectivity index (χ4n) is 3.56. The largest absolute Gasteiger partial charge is 0.496 e. The second-order valence-electron chi connectivity index (χ2n) is 6.34. The SMILES string of the molecule is COc1ccccc1[C@H](C)NC1CC(C)N(C2CC2)C1. The molecule has 0 bridgehead atoms. The number of hydrogen-bond acceptors (Lipinski definition) is 3. The molecule has 0 radical (unpaired) electrons. The van der Waals surface area contributed by atoms with Crippen molar-refractivity contribution in [3.63, 3.8) is 0 Å². The Morgan fingerprint density at radius 1 is 1.30 bits per heavy atom. The van der Waals surface area contributed by atoms with Gasteiger partial charge in [0.2, 0.25) is 0 Å². The van der Waals surface area contributed by atoms with E-state index in [4.69, 9.17) is 4.74 Å². The van der Waals surface area contributed by atoms with Gasteiger partial charge in [0.1, 0.15) is 5.75 Å². The Kier molecular flexibility index (Phi) is 3.99. The Bertz CT molecular complexity index is 458. The van der Waals surface area contributed by atoms with E-state index in [1.54, 1.807) is 7.11 Å². The highest BCUT2D eigenvalue weighted by Gasteiger charge is 2.39. The Morgan fingerprint density at radius 3 is 2.75 bits per heavy atom. The summed E-state index contributed by atoms with van der Waals surface area (Å²) in [5.74, 6) is 0.984. The molecule has 1 aromatic carbocycles. The summed E-state index contributed by atoms with van der Waals surface area (Å²) in [5, 5.41) is 3.79. The standard InChI is InChI=1S/C17H26N2O/c1-12-10-14(11-19(12)15-8-9-15)18-13(2)16-6-4-5-7-17(16)20-3/h4-7,12-15,18H,8-11H2,1-3H3/t12?,13-,14?/m0/s1. The van der Waals surface area contributed by atoms with E-state index in [0.29, 0.717) is 12.1 Å². The van der Waals surface area contributed by atoms with Gasteiger partial charge in [0.25, 0.3) is 0 Å². The number of nitrogens with one attached hydrogen (secondary N) is 1. The van der Waals surface area contributed by atoms with Crippen LogP contribution in [0.4, 0.5) is 0 Å². The summed E-state index contributed by atoms with van der Waals surface area (Å²) in [6, 6.07) is 10.9. The normalized spacial score (nSPS) is 28.6. The lowest BCUT2D eigenvalue weighted by Gasteiger charge is -2.22. The lowest BCUT2D eigenvalue weighted by Crippen LogP contribution is -2.35. The molecule has 1 aromatic rings. The summed E-state index contributed by atoms with van der Waals surface area (Å²) in [7, 11) is 1.75. The van der Waals surface area contributed by atoms with Crippen LogP contribution in [0.3, 0.4) is 0 Å². The van der Waals surface area contributed by atoms with E-state index in [9.17, 15) is 0 Å². The second-order valence-corrected chi connectivity index (χ2v) is 6.34. The van der Waals surface area contributed by atoms with E-state index in [0.717, 1.165) is 17.8 Å². The van der Waals surface area contributed by atoms with Crippen molar-refractivity contribution in [3.05, 3.63) is 29.8 Å². The molecule has 1 saturated carbocycles. The van der Waals surface area contributed by atoms with Crippen molar-refractivity contribution in [3.8, 4) is 5.75 Å². The zero-order valence-corrected chi connectivity index (χ0v) is 12.8. The highest BCUT2D eigenvalue weighted by molar-refractivity contribution is 5.35. The van der Waals surface area contributed by atoms with Crippen molar-refractivity contribution in [2.75, 3.05) is 13.7 Å². The predicted octanol–water partition coefficient (Wildman–Crippen LogP) is 2.97. The molecule has 1 heterocycles. The molecule has 1 aliphatic heterocycles. The molecule has 0 aromatic heterocycles. The average molecular weight is 274 g/mol. The van der Waals surface area contributed by atoms with Gasteiger partial charge in [-0.15, -0.1) is 0 Å². The minimum Gasteiger partial charge on any atom is -0.496 e. The first-order chi connectivity index (χ1) is 9.69. The van der Waals surface area contributed by atoms with Gasteiger partial charge in [-0.1, -0.05) is 18.2 Å². The van der Waals surface area contributed by atoms with E-state index < -0.39 is 0 Å². The second kappa shape index (κ2) is 5.74. The minimum atomic E-state index is 0.336. The number of hydrogen-bond donors (Lipinski definition) is 1. The molecule has 3 nitrogen and oxygen atoms in total. The van der Waals surface area contributed by atoms with Gasteiger partial charge in [-0.25, -0.2) is 0 Å². The van der Waals surface area contributed by atoms with Crippen molar-refractivity contribution < 1.29 is 4.74 Å². The third-order valence-corrected chi connectivity index (χ3v) is 4.73. The third-order valence-electron chi connectivity index (χ3n) is 4.73. The molecular formula is C17H26N2O. The first-order valence-electron chi connectivity index (χ1n) is 7.83. The maximum absolute atomic E-state index is 5.47. The first-order valence-corrected chi connectivity index (χ1v) is 7.83. The third kappa shape index (κ3) is 2.84. The summed E-state index contributed by atoms with van der Waals surface area (Å²) in [5.41, 5.74) is 1.26. The smallest absolute Gasteiger partial charge is 0.123 e. The molecule has 3 heteroatoms. The van der Waals surface area contributed by atoms with Crippen molar-refractivity contribution in [1.29, 1.82) is 0 Å². The van der Waals surface area contributed by atoms with Gasteiger partial charge < -0.3 is 10.1 Å². The highest BCUT2D eigenvalue weighted by atomic mass is 16.5. The number of ether oxygens (including phenoxy) is 1. The summed E-state index contributed by atoms with van der Waals surface area (Å²) < 4.78 is 5.47. The molecule has 20 heavy (non-hydrogen) atoms. The van der Waals surface area contributed by atoms with Crippen LogP contribution in [0.15, 0.2) is 24.3 Å². The quantitative estimate of drug-likeness (QED) is 0.893. The Balaban J connectivity index is 1.63. The number of para-hydroxylation sites is 1. The number of likely N-dealkylation sites (tertiary alicyclic amines) is 1. The van der Waals surface area contributed by atoms with E-state index in [1.165, 1.54) is 31.4 Å². The van der Waals surface area contributed by atoms with Crippen molar-refractivity contribution in [2.24, 2.45) is 0 Å². The average Bonchev–Trinajstić information content (AvgIpc) is 3.23. The Morgan fingerprint density at radius 2 is 2.05 bits per heavy atom. The van der Waals surface area contributed by atoms with Gasteiger partial charge in [0, 0.05) is 36.3 Å². The first kappa shape index (κ1) is 13.9. The van der Waals surface area contributed by atoms with Gasteiger partial charge in [0.15, 0.2) is 0 Å². The summed E-state index contributed by atoms with van der Waals surface area (Å²) in [6.07, 6.45) is 4.06. The lowest BCUT2D eigenvalue weighted by molar-refractivity contribution is 0.254. The number of rotatable bonds is 5. The Hall–Kier alpha value is -1.06. The van der Waals surface area contributed by atoms with Crippen LogP contribution in [0.1, 0.15) is 44.7 Å². The summed E-state index contributed by atoms with van der Waals surface area (Å²) in [6.45, 7) is 5.81. The Labute approximate surface area is 122 Å². The molecular weight excluding hydrogens is 248 g/mol. The number of benzene rings is 1. The molecule has 110 valence electrons. The van der Waals surface area contributed by atoms with E-state index in [-0.39, 0.29) is 0 Å². The van der Waals surface area contributed by atoms with E-state index in [1.807, 2.05) is 12.1 Å². The van der Waals surface area contributed by atoms with Crippen molar-refractivity contribution in [1.82, 2.24) is 10.2 Å². The van der Waals surface area contributed by atoms with Crippen molar-refractivity contribution in [2.45, 2.75) is 57.3 Å². The zero-order chi connectivity index (χ0) is 14.1. The van der Waals surface area contributed by atoms with Crippen LogP contribution < -0.4 is 10.1 Å². The fourth-order valence-corrected chi connectivity index (χ4v) is 3.56. The van der Waals surface area contributed by atoms with Crippen molar-refractivity contribution >= 4 is 0 Å².